The summed E-state index contributed by atoms with van der Waals surface area (Å²) in [6.45, 7) is 8.39. The van der Waals surface area contributed by atoms with Crippen molar-refractivity contribution in [3.63, 3.8) is 0 Å². The summed E-state index contributed by atoms with van der Waals surface area (Å²) in [4.78, 5) is 14.7. The molecule has 138 valence electrons. The molecular weight excluding hydrogens is 324 g/mol. The largest absolute Gasteiger partial charge is 0.491 e. The van der Waals surface area contributed by atoms with Crippen molar-refractivity contribution in [1.82, 2.24) is 10.2 Å². The van der Waals surface area contributed by atoms with Crippen LogP contribution < -0.4 is 10.1 Å². The Kier molecular flexibility index (Phi) is 6.29. The van der Waals surface area contributed by atoms with Crippen LogP contribution in [0.1, 0.15) is 39.9 Å². The number of amides is 1. The summed E-state index contributed by atoms with van der Waals surface area (Å²) in [5, 5.41) is 2.92. The van der Waals surface area contributed by atoms with Crippen molar-refractivity contribution in [2.24, 2.45) is 0 Å². The molecule has 1 fully saturated rings. The van der Waals surface area contributed by atoms with Crippen LogP contribution in [0.5, 0.6) is 5.75 Å². The van der Waals surface area contributed by atoms with Crippen molar-refractivity contribution in [3.05, 3.63) is 64.7 Å². The first-order chi connectivity index (χ1) is 12.6. The summed E-state index contributed by atoms with van der Waals surface area (Å²) < 4.78 is 5.75. The second-order valence-electron chi connectivity index (χ2n) is 7.05. The molecule has 1 saturated heterocycles. The van der Waals surface area contributed by atoms with Gasteiger partial charge in [0.15, 0.2) is 0 Å². The third-order valence-corrected chi connectivity index (χ3v) is 4.80. The molecule has 2 aromatic rings. The van der Waals surface area contributed by atoms with Crippen LogP contribution in [0.15, 0.2) is 42.5 Å². The molecule has 1 heterocycles. The Morgan fingerprint density at radius 3 is 2.50 bits per heavy atom. The standard InChI is InChI=1S/C22H28N2O2/c1-17-5-10-21(18(2)15-17)26-14-11-23-22(25)20-8-6-19(7-9-20)16-24-12-3-4-13-24/h5-10,15H,3-4,11-14,16H2,1-2H3,(H,23,25). The van der Waals surface area contributed by atoms with Gasteiger partial charge in [0.1, 0.15) is 12.4 Å². The molecule has 4 heteroatoms. The topological polar surface area (TPSA) is 41.6 Å². The van der Waals surface area contributed by atoms with Crippen LogP contribution in [0.3, 0.4) is 0 Å². The van der Waals surface area contributed by atoms with Gasteiger partial charge in [-0.05, 0) is 69.1 Å². The minimum atomic E-state index is -0.0537. The number of nitrogens with one attached hydrogen (secondary N) is 1. The molecule has 2 aromatic carbocycles. The average molecular weight is 352 g/mol. The lowest BCUT2D eigenvalue weighted by Crippen LogP contribution is -2.28. The molecule has 0 spiro atoms. The molecule has 1 N–H and O–H groups in total. The normalized spacial score (nSPS) is 14.4. The summed E-state index contributed by atoms with van der Waals surface area (Å²) in [5.41, 5.74) is 4.30. The van der Waals surface area contributed by atoms with E-state index in [4.69, 9.17) is 4.74 Å². The highest BCUT2D eigenvalue weighted by Crippen LogP contribution is 2.18. The zero-order valence-corrected chi connectivity index (χ0v) is 15.8. The summed E-state index contributed by atoms with van der Waals surface area (Å²) in [6.07, 6.45) is 2.59. The van der Waals surface area contributed by atoms with E-state index >= 15 is 0 Å². The highest BCUT2D eigenvalue weighted by atomic mass is 16.5. The molecule has 0 aromatic heterocycles. The maximum atomic E-state index is 12.2. The number of aryl methyl sites for hydroxylation is 2. The fourth-order valence-electron chi connectivity index (χ4n) is 3.35. The molecule has 4 nitrogen and oxygen atoms in total. The quantitative estimate of drug-likeness (QED) is 0.773. The molecule has 26 heavy (non-hydrogen) atoms. The molecular formula is C22H28N2O2. The number of nitrogens with zero attached hydrogens (tertiary/aromatic N) is 1. The highest BCUT2D eigenvalue weighted by Gasteiger charge is 2.12. The van der Waals surface area contributed by atoms with Gasteiger partial charge in [0.2, 0.25) is 0 Å². The zero-order chi connectivity index (χ0) is 18.4. The van der Waals surface area contributed by atoms with Crippen LogP contribution in [-0.2, 0) is 6.54 Å². The molecule has 1 aliphatic heterocycles. The molecule has 0 aliphatic carbocycles. The lowest BCUT2D eigenvalue weighted by molar-refractivity contribution is 0.0947. The number of likely N-dealkylation sites (tertiary alicyclic amines) is 1. The molecule has 0 unspecified atom stereocenters. The summed E-state index contributed by atoms with van der Waals surface area (Å²) in [5.74, 6) is 0.818. The predicted molar refractivity (Wildman–Crippen MR) is 105 cm³/mol. The van der Waals surface area contributed by atoms with E-state index in [0.717, 1.165) is 17.9 Å². The Hall–Kier alpha value is -2.33. The number of carbonyl (C=O) groups is 1. The zero-order valence-electron chi connectivity index (χ0n) is 15.8. The smallest absolute Gasteiger partial charge is 0.251 e. The number of ether oxygens (including phenoxy) is 1. The van der Waals surface area contributed by atoms with Gasteiger partial charge in [-0.15, -0.1) is 0 Å². The maximum Gasteiger partial charge on any atom is 0.251 e. The van der Waals surface area contributed by atoms with Crippen molar-refractivity contribution in [2.75, 3.05) is 26.2 Å². The van der Waals surface area contributed by atoms with Gasteiger partial charge in [0, 0.05) is 12.1 Å². The van der Waals surface area contributed by atoms with E-state index in [1.807, 2.05) is 31.2 Å². The SMILES string of the molecule is Cc1ccc(OCCNC(=O)c2ccc(CN3CCCC3)cc2)c(C)c1. The summed E-state index contributed by atoms with van der Waals surface area (Å²) in [6, 6.07) is 14.0. The molecule has 0 bridgehead atoms. The first-order valence-electron chi connectivity index (χ1n) is 9.41. The van der Waals surface area contributed by atoms with Crippen LogP contribution in [0.25, 0.3) is 0 Å². The van der Waals surface area contributed by atoms with Gasteiger partial charge >= 0.3 is 0 Å². The number of carbonyl (C=O) groups excluding carboxylic acids is 1. The monoisotopic (exact) mass is 352 g/mol. The highest BCUT2D eigenvalue weighted by molar-refractivity contribution is 5.94. The second kappa shape index (κ2) is 8.86. The van der Waals surface area contributed by atoms with E-state index in [0.29, 0.717) is 18.7 Å². The van der Waals surface area contributed by atoms with E-state index in [1.165, 1.54) is 37.1 Å². The van der Waals surface area contributed by atoms with Crippen LogP contribution >= 0.6 is 0 Å². The third kappa shape index (κ3) is 5.09. The number of benzene rings is 2. The van der Waals surface area contributed by atoms with Crippen molar-refractivity contribution in [3.8, 4) is 5.75 Å². The van der Waals surface area contributed by atoms with Crippen LogP contribution in [0.4, 0.5) is 0 Å². The van der Waals surface area contributed by atoms with E-state index in [-0.39, 0.29) is 5.91 Å². The fourth-order valence-corrected chi connectivity index (χ4v) is 3.35. The number of hydrogen-bond acceptors (Lipinski definition) is 3. The van der Waals surface area contributed by atoms with E-state index in [1.54, 1.807) is 0 Å². The van der Waals surface area contributed by atoms with Gasteiger partial charge in [0.25, 0.3) is 5.91 Å². The van der Waals surface area contributed by atoms with Crippen molar-refractivity contribution < 1.29 is 9.53 Å². The third-order valence-electron chi connectivity index (χ3n) is 4.80. The molecule has 0 saturated carbocycles. The lowest BCUT2D eigenvalue weighted by atomic mass is 10.1. The Labute approximate surface area is 156 Å². The van der Waals surface area contributed by atoms with Gasteiger partial charge < -0.3 is 10.1 Å². The van der Waals surface area contributed by atoms with Crippen molar-refractivity contribution >= 4 is 5.91 Å². The Morgan fingerprint density at radius 1 is 1.08 bits per heavy atom. The van der Waals surface area contributed by atoms with Gasteiger partial charge in [-0.2, -0.15) is 0 Å². The predicted octanol–water partition coefficient (Wildman–Crippen LogP) is 3.71. The van der Waals surface area contributed by atoms with Gasteiger partial charge in [-0.25, -0.2) is 0 Å². The Morgan fingerprint density at radius 2 is 1.81 bits per heavy atom. The summed E-state index contributed by atoms with van der Waals surface area (Å²) >= 11 is 0. The van der Waals surface area contributed by atoms with E-state index < -0.39 is 0 Å². The fraction of sp³-hybridized carbons (Fsp3) is 0.409. The van der Waals surface area contributed by atoms with E-state index in [9.17, 15) is 4.79 Å². The van der Waals surface area contributed by atoms with Crippen LogP contribution in [0, 0.1) is 13.8 Å². The Bertz CT molecular complexity index is 734. The molecule has 1 aliphatic rings. The lowest BCUT2D eigenvalue weighted by Gasteiger charge is -2.14. The molecule has 1 amide bonds. The molecule has 0 atom stereocenters. The minimum absolute atomic E-state index is 0.0537. The molecule has 3 rings (SSSR count). The second-order valence-corrected chi connectivity index (χ2v) is 7.05. The van der Waals surface area contributed by atoms with Gasteiger partial charge in [0.05, 0.1) is 6.54 Å². The van der Waals surface area contributed by atoms with Crippen molar-refractivity contribution in [2.45, 2.75) is 33.2 Å². The van der Waals surface area contributed by atoms with E-state index in [2.05, 4.69) is 35.3 Å². The molecule has 0 radical (unpaired) electrons. The van der Waals surface area contributed by atoms with Crippen molar-refractivity contribution in [1.29, 1.82) is 0 Å². The Balaban J connectivity index is 1.42. The van der Waals surface area contributed by atoms with Crippen LogP contribution in [0.2, 0.25) is 0 Å². The van der Waals surface area contributed by atoms with Gasteiger partial charge in [-0.3, -0.25) is 9.69 Å². The van der Waals surface area contributed by atoms with Gasteiger partial charge in [-0.1, -0.05) is 29.8 Å². The minimum Gasteiger partial charge on any atom is -0.491 e. The first kappa shape index (κ1) is 18.5. The maximum absolute atomic E-state index is 12.2. The first-order valence-corrected chi connectivity index (χ1v) is 9.41. The van der Waals surface area contributed by atoms with Crippen LogP contribution in [-0.4, -0.2) is 37.0 Å². The number of rotatable bonds is 7. The summed E-state index contributed by atoms with van der Waals surface area (Å²) in [7, 11) is 0. The average Bonchev–Trinajstić information content (AvgIpc) is 3.13. The number of hydrogen-bond donors (Lipinski definition) is 1.